The highest BCUT2D eigenvalue weighted by atomic mass is 79.9. The fraction of sp³-hybridized carbons (Fsp3) is 0.333. The molecule has 2 heterocycles. The molecule has 5 nitrogen and oxygen atoms in total. The molecule has 0 radical (unpaired) electrons. The Bertz CT molecular complexity index is 959. The number of carbonyl (C=O) groups excluding carboxylic acids is 1. The summed E-state index contributed by atoms with van der Waals surface area (Å²) in [6.45, 7) is 1.59. The van der Waals surface area contributed by atoms with Crippen molar-refractivity contribution in [1.29, 1.82) is 0 Å². The summed E-state index contributed by atoms with van der Waals surface area (Å²) in [4.78, 5) is 17.9. The van der Waals surface area contributed by atoms with Crippen LogP contribution in [0.4, 0.5) is 0 Å². The van der Waals surface area contributed by atoms with Gasteiger partial charge in [-0.3, -0.25) is 4.79 Å². The maximum atomic E-state index is 13.3. The number of halogens is 1. The number of hydrogen-bond donors (Lipinski definition) is 1. The van der Waals surface area contributed by atoms with E-state index in [0.29, 0.717) is 32.6 Å². The van der Waals surface area contributed by atoms with Crippen molar-refractivity contribution >= 4 is 32.9 Å². The van der Waals surface area contributed by atoms with Gasteiger partial charge in [0.1, 0.15) is 5.82 Å². The van der Waals surface area contributed by atoms with Gasteiger partial charge in [0, 0.05) is 24.7 Å². The zero-order valence-electron chi connectivity index (χ0n) is 15.2. The van der Waals surface area contributed by atoms with E-state index in [2.05, 4.69) is 26.2 Å². The first-order valence-electron chi connectivity index (χ1n) is 9.13. The van der Waals surface area contributed by atoms with E-state index in [9.17, 15) is 4.79 Å². The summed E-state index contributed by atoms with van der Waals surface area (Å²) >= 11 is 3.47. The van der Waals surface area contributed by atoms with Gasteiger partial charge in [-0.15, -0.1) is 0 Å². The van der Waals surface area contributed by atoms with Crippen LogP contribution in [-0.4, -0.2) is 28.7 Å². The fourth-order valence-electron chi connectivity index (χ4n) is 3.82. The van der Waals surface area contributed by atoms with Gasteiger partial charge in [-0.25, -0.2) is 4.98 Å². The average Bonchev–Trinajstić information content (AvgIpc) is 3.03. The van der Waals surface area contributed by atoms with Crippen LogP contribution in [0, 0.1) is 0 Å². The van der Waals surface area contributed by atoms with E-state index >= 15 is 0 Å². The van der Waals surface area contributed by atoms with E-state index in [1.54, 1.807) is 0 Å². The van der Waals surface area contributed by atoms with Gasteiger partial charge in [-0.2, -0.15) is 0 Å². The Labute approximate surface area is 166 Å². The Balaban J connectivity index is 1.58. The zero-order valence-corrected chi connectivity index (χ0v) is 16.8. The molecule has 1 aliphatic rings. The molecule has 0 unspecified atom stereocenters. The summed E-state index contributed by atoms with van der Waals surface area (Å²) in [5.41, 5.74) is 2.49. The first kappa shape index (κ1) is 18.2. The van der Waals surface area contributed by atoms with E-state index in [-0.39, 0.29) is 5.91 Å². The smallest absolute Gasteiger partial charge is 0.231 e. The minimum absolute atomic E-state index is 0.0418. The lowest BCUT2D eigenvalue weighted by Crippen LogP contribution is -2.48. The van der Waals surface area contributed by atoms with Crippen LogP contribution in [0.3, 0.4) is 0 Å². The van der Waals surface area contributed by atoms with Crippen molar-refractivity contribution in [3.63, 3.8) is 0 Å². The van der Waals surface area contributed by atoms with Gasteiger partial charge >= 0.3 is 0 Å². The second kappa shape index (κ2) is 7.44. The Morgan fingerprint density at radius 2 is 1.89 bits per heavy atom. The molecule has 1 saturated heterocycles. The second-order valence-corrected chi connectivity index (χ2v) is 7.88. The molecule has 0 aliphatic carbocycles. The molecule has 6 heteroatoms. The average molecular weight is 428 g/mol. The molecule has 4 rings (SSSR count). The van der Waals surface area contributed by atoms with Gasteiger partial charge in [0.2, 0.25) is 5.91 Å². The molecule has 2 aromatic carbocycles. The summed E-state index contributed by atoms with van der Waals surface area (Å²) in [5, 5.41) is 3.13. The first-order valence-corrected chi connectivity index (χ1v) is 9.92. The Morgan fingerprint density at radius 1 is 1.19 bits per heavy atom. The van der Waals surface area contributed by atoms with Crippen LogP contribution in [0.5, 0.6) is 0 Å². The Morgan fingerprint density at radius 3 is 2.59 bits per heavy atom. The highest BCUT2D eigenvalue weighted by Gasteiger charge is 2.41. The van der Waals surface area contributed by atoms with Gasteiger partial charge in [0.05, 0.1) is 23.0 Å². The molecule has 140 valence electrons. The van der Waals surface area contributed by atoms with E-state index in [0.717, 1.165) is 26.9 Å². The number of para-hydroxylation sites is 2. The summed E-state index contributed by atoms with van der Waals surface area (Å²) in [6, 6.07) is 16.0. The maximum absolute atomic E-state index is 13.3. The largest absolute Gasteiger partial charge is 0.381 e. The molecule has 3 aromatic rings. The lowest BCUT2D eigenvalue weighted by molar-refractivity contribution is -0.130. The third-order valence-corrected chi connectivity index (χ3v) is 5.99. The Kier molecular flexibility index (Phi) is 5.02. The molecule has 1 aromatic heterocycles. The molecule has 1 amide bonds. The van der Waals surface area contributed by atoms with Crippen LogP contribution < -0.4 is 5.32 Å². The molecule has 0 saturated carbocycles. The maximum Gasteiger partial charge on any atom is 0.231 e. The Hall–Kier alpha value is -2.18. The number of carbonyl (C=O) groups is 1. The third-order valence-electron chi connectivity index (χ3n) is 5.46. The monoisotopic (exact) mass is 427 g/mol. The standard InChI is InChI=1S/C21H22BrN3O2/c1-25-18-5-3-2-4-17(18)24-19(25)14-23-20(26)21(10-12-27-13-11-21)15-6-8-16(22)9-7-15/h2-9H,10-14H2,1H3,(H,23,26). The SMILES string of the molecule is Cn1c(CNC(=O)C2(c3ccc(Br)cc3)CCOCC2)nc2ccccc21. The molecule has 0 spiro atoms. The van der Waals surface area contributed by atoms with Crippen LogP contribution in [0.25, 0.3) is 11.0 Å². The summed E-state index contributed by atoms with van der Waals surface area (Å²) in [6.07, 6.45) is 1.37. The van der Waals surface area contributed by atoms with Crippen molar-refractivity contribution in [3.8, 4) is 0 Å². The number of rotatable bonds is 4. The van der Waals surface area contributed by atoms with Gasteiger partial charge < -0.3 is 14.6 Å². The van der Waals surface area contributed by atoms with Crippen LogP contribution in [-0.2, 0) is 28.5 Å². The van der Waals surface area contributed by atoms with Gasteiger partial charge in [0.15, 0.2) is 0 Å². The van der Waals surface area contributed by atoms with Gasteiger partial charge in [0.25, 0.3) is 0 Å². The predicted molar refractivity (Wildman–Crippen MR) is 108 cm³/mol. The summed E-state index contributed by atoms with van der Waals surface area (Å²) < 4.78 is 8.58. The van der Waals surface area contributed by atoms with Crippen molar-refractivity contribution in [2.45, 2.75) is 24.8 Å². The predicted octanol–water partition coefficient (Wildman–Crippen LogP) is 3.70. The van der Waals surface area contributed by atoms with Gasteiger partial charge in [-0.05, 0) is 42.7 Å². The molecular formula is C21H22BrN3O2. The van der Waals surface area contributed by atoms with Crippen molar-refractivity contribution in [3.05, 3.63) is 64.4 Å². The summed E-state index contributed by atoms with van der Waals surface area (Å²) in [5.74, 6) is 0.891. The molecule has 0 bridgehead atoms. The highest BCUT2D eigenvalue weighted by molar-refractivity contribution is 9.10. The van der Waals surface area contributed by atoms with Crippen LogP contribution in [0.2, 0.25) is 0 Å². The lowest BCUT2D eigenvalue weighted by Gasteiger charge is -2.36. The normalized spacial score (nSPS) is 16.4. The van der Waals surface area contributed by atoms with E-state index in [1.165, 1.54) is 0 Å². The van der Waals surface area contributed by atoms with E-state index < -0.39 is 5.41 Å². The van der Waals surface area contributed by atoms with Crippen molar-refractivity contribution in [1.82, 2.24) is 14.9 Å². The van der Waals surface area contributed by atoms with Crippen LogP contribution in [0.1, 0.15) is 24.2 Å². The van der Waals surface area contributed by atoms with Crippen molar-refractivity contribution in [2.24, 2.45) is 7.05 Å². The number of ether oxygens (including phenoxy) is 1. The third kappa shape index (κ3) is 3.39. The zero-order chi connectivity index (χ0) is 18.9. The van der Waals surface area contributed by atoms with Gasteiger partial charge in [-0.1, -0.05) is 40.2 Å². The van der Waals surface area contributed by atoms with Crippen LogP contribution >= 0.6 is 15.9 Å². The molecular weight excluding hydrogens is 406 g/mol. The first-order chi connectivity index (χ1) is 13.1. The number of aromatic nitrogens is 2. The number of imidazole rings is 1. The molecule has 1 aliphatic heterocycles. The topological polar surface area (TPSA) is 56.2 Å². The number of nitrogens with one attached hydrogen (secondary N) is 1. The minimum atomic E-state index is -0.552. The number of hydrogen-bond acceptors (Lipinski definition) is 3. The van der Waals surface area contributed by atoms with E-state index in [1.807, 2.05) is 60.1 Å². The molecule has 1 fully saturated rings. The number of nitrogens with zero attached hydrogens (tertiary/aromatic N) is 2. The summed E-state index contributed by atoms with van der Waals surface area (Å²) in [7, 11) is 1.98. The van der Waals surface area contributed by atoms with Crippen molar-refractivity contribution < 1.29 is 9.53 Å². The molecule has 0 atom stereocenters. The minimum Gasteiger partial charge on any atom is -0.381 e. The number of aryl methyl sites for hydroxylation is 1. The fourth-order valence-corrected chi connectivity index (χ4v) is 4.08. The number of fused-ring (bicyclic) bond motifs is 1. The second-order valence-electron chi connectivity index (χ2n) is 6.96. The van der Waals surface area contributed by atoms with Crippen molar-refractivity contribution in [2.75, 3.05) is 13.2 Å². The highest BCUT2D eigenvalue weighted by Crippen LogP contribution is 2.36. The number of amides is 1. The lowest BCUT2D eigenvalue weighted by atomic mass is 9.73. The molecule has 1 N–H and O–H groups in total. The van der Waals surface area contributed by atoms with Crippen LogP contribution in [0.15, 0.2) is 53.0 Å². The quantitative estimate of drug-likeness (QED) is 0.690. The number of benzene rings is 2. The molecule has 27 heavy (non-hydrogen) atoms. The van der Waals surface area contributed by atoms with E-state index in [4.69, 9.17) is 4.74 Å².